The van der Waals surface area contributed by atoms with Crippen LogP contribution in [0.2, 0.25) is 0 Å². The molecule has 2 heterocycles. The third-order valence-corrected chi connectivity index (χ3v) is 4.31. The number of aryl methyl sites for hydroxylation is 1. The number of nitrogens with zero attached hydrogens (tertiary/aromatic N) is 1. The van der Waals surface area contributed by atoms with Crippen molar-refractivity contribution in [2.24, 2.45) is 0 Å². The van der Waals surface area contributed by atoms with Crippen LogP contribution in [0.15, 0.2) is 16.9 Å². The van der Waals surface area contributed by atoms with Crippen molar-refractivity contribution in [3.63, 3.8) is 0 Å². The van der Waals surface area contributed by atoms with Crippen molar-refractivity contribution in [3.8, 4) is 28.6 Å². The first kappa shape index (κ1) is 14.2. The van der Waals surface area contributed by atoms with Crippen LogP contribution in [0.25, 0.3) is 11.4 Å². The van der Waals surface area contributed by atoms with E-state index in [1.54, 1.807) is 19.2 Å². The van der Waals surface area contributed by atoms with Gasteiger partial charge in [-0.25, -0.2) is 4.98 Å². The molecule has 1 aromatic heterocycles. The number of methoxy groups -OCH3 is 1. The molecule has 1 N–H and O–H groups in total. The molecule has 0 fully saturated rings. The van der Waals surface area contributed by atoms with Gasteiger partial charge in [-0.2, -0.15) is 0 Å². The fraction of sp³-hybridized carbons (Fsp3) is 0.286. The number of hydrogen-bond donors (Lipinski definition) is 1. The molecule has 0 aliphatic carbocycles. The molecule has 0 spiro atoms. The summed E-state index contributed by atoms with van der Waals surface area (Å²) in [6.45, 7) is 2.12. The highest BCUT2D eigenvalue weighted by Gasteiger charge is 2.21. The quantitative estimate of drug-likeness (QED) is 0.801. The van der Waals surface area contributed by atoms with E-state index in [-0.39, 0.29) is 12.4 Å². The molecule has 0 saturated carbocycles. The summed E-state index contributed by atoms with van der Waals surface area (Å²) in [6, 6.07) is 3.56. The Bertz CT molecular complexity index is 757. The third kappa shape index (κ3) is 2.45. The zero-order valence-corrected chi connectivity index (χ0v) is 13.7. The summed E-state index contributed by atoms with van der Waals surface area (Å²) < 4.78 is 16.7. The molecule has 1 aliphatic rings. The summed E-state index contributed by atoms with van der Waals surface area (Å²) in [4.78, 5) is 19.3. The zero-order chi connectivity index (χ0) is 15.0. The van der Waals surface area contributed by atoms with Crippen LogP contribution in [0.4, 0.5) is 0 Å². The highest BCUT2D eigenvalue weighted by atomic mass is 127. The second-order valence-corrected chi connectivity index (χ2v) is 5.52. The molecule has 0 saturated heterocycles. The van der Waals surface area contributed by atoms with Gasteiger partial charge in [0, 0.05) is 5.56 Å². The maximum Gasteiger partial charge on any atom is 0.264 e. The van der Waals surface area contributed by atoms with E-state index in [0.29, 0.717) is 33.1 Å². The van der Waals surface area contributed by atoms with Crippen LogP contribution in [-0.4, -0.2) is 23.9 Å². The van der Waals surface area contributed by atoms with Gasteiger partial charge in [0.25, 0.3) is 5.56 Å². The van der Waals surface area contributed by atoms with Gasteiger partial charge in [-0.15, -0.1) is 0 Å². The van der Waals surface area contributed by atoms with Gasteiger partial charge in [-0.1, -0.05) is 6.92 Å². The SMILES string of the molecule is CCc1nc(-c2cc(OC)c3c(c2)OCO3)[nH]c(=O)c1I. The highest BCUT2D eigenvalue weighted by Crippen LogP contribution is 2.43. The summed E-state index contributed by atoms with van der Waals surface area (Å²) in [5.74, 6) is 2.21. The van der Waals surface area contributed by atoms with Crippen molar-refractivity contribution in [1.29, 1.82) is 0 Å². The summed E-state index contributed by atoms with van der Waals surface area (Å²) in [6.07, 6.45) is 0.691. The maximum atomic E-state index is 12.0. The van der Waals surface area contributed by atoms with Crippen molar-refractivity contribution in [1.82, 2.24) is 9.97 Å². The predicted molar refractivity (Wildman–Crippen MR) is 85.1 cm³/mol. The van der Waals surface area contributed by atoms with Crippen molar-refractivity contribution in [3.05, 3.63) is 31.8 Å². The van der Waals surface area contributed by atoms with Gasteiger partial charge in [0.1, 0.15) is 5.82 Å². The van der Waals surface area contributed by atoms with E-state index in [0.717, 1.165) is 11.3 Å². The Morgan fingerprint density at radius 2 is 2.24 bits per heavy atom. The Hall–Kier alpha value is -1.77. The number of halogens is 1. The summed E-state index contributed by atoms with van der Waals surface area (Å²) in [5.41, 5.74) is 1.35. The Kier molecular flexibility index (Phi) is 3.75. The van der Waals surface area contributed by atoms with Gasteiger partial charge >= 0.3 is 0 Å². The minimum atomic E-state index is -0.144. The maximum absolute atomic E-state index is 12.0. The first-order chi connectivity index (χ1) is 10.1. The number of hydrogen-bond acceptors (Lipinski definition) is 5. The minimum absolute atomic E-state index is 0.144. The first-order valence-corrected chi connectivity index (χ1v) is 7.48. The summed E-state index contributed by atoms with van der Waals surface area (Å²) in [5, 5.41) is 0. The van der Waals surface area contributed by atoms with Crippen molar-refractivity contribution in [2.75, 3.05) is 13.9 Å². The van der Waals surface area contributed by atoms with E-state index < -0.39 is 0 Å². The molecule has 0 atom stereocenters. The number of nitrogens with one attached hydrogen (secondary N) is 1. The van der Waals surface area contributed by atoms with Crippen molar-refractivity contribution in [2.45, 2.75) is 13.3 Å². The summed E-state index contributed by atoms with van der Waals surface area (Å²) >= 11 is 2.01. The van der Waals surface area contributed by atoms with E-state index in [9.17, 15) is 4.79 Å². The van der Waals surface area contributed by atoms with Crippen LogP contribution in [0, 0.1) is 3.57 Å². The van der Waals surface area contributed by atoms with E-state index >= 15 is 0 Å². The van der Waals surface area contributed by atoms with Gasteiger partial charge in [-0.05, 0) is 41.1 Å². The molecule has 6 nitrogen and oxygen atoms in total. The van der Waals surface area contributed by atoms with Crippen molar-refractivity contribution >= 4 is 22.6 Å². The number of ether oxygens (including phenoxy) is 3. The largest absolute Gasteiger partial charge is 0.493 e. The second kappa shape index (κ2) is 5.55. The average Bonchev–Trinajstić information content (AvgIpc) is 2.97. The highest BCUT2D eigenvalue weighted by molar-refractivity contribution is 14.1. The monoisotopic (exact) mass is 400 g/mol. The van der Waals surface area contributed by atoms with E-state index in [4.69, 9.17) is 14.2 Å². The smallest absolute Gasteiger partial charge is 0.264 e. The molecule has 110 valence electrons. The minimum Gasteiger partial charge on any atom is -0.493 e. The Balaban J connectivity index is 2.17. The molecule has 1 aromatic carbocycles. The number of benzene rings is 1. The average molecular weight is 400 g/mol. The Labute approximate surface area is 134 Å². The molecule has 0 radical (unpaired) electrons. The van der Waals surface area contributed by atoms with E-state index in [1.807, 2.05) is 29.5 Å². The third-order valence-electron chi connectivity index (χ3n) is 3.20. The van der Waals surface area contributed by atoms with Crippen LogP contribution in [-0.2, 0) is 6.42 Å². The van der Waals surface area contributed by atoms with Crippen LogP contribution >= 0.6 is 22.6 Å². The van der Waals surface area contributed by atoms with Crippen LogP contribution in [0.3, 0.4) is 0 Å². The fourth-order valence-corrected chi connectivity index (χ4v) is 2.78. The topological polar surface area (TPSA) is 73.4 Å². The fourth-order valence-electron chi connectivity index (χ4n) is 2.14. The lowest BCUT2D eigenvalue weighted by atomic mass is 10.1. The van der Waals surface area contributed by atoms with E-state index in [2.05, 4.69) is 9.97 Å². The molecule has 2 aromatic rings. The molecular weight excluding hydrogens is 387 g/mol. The molecule has 0 amide bonds. The molecule has 0 bridgehead atoms. The number of aromatic nitrogens is 2. The summed E-state index contributed by atoms with van der Waals surface area (Å²) in [7, 11) is 1.56. The predicted octanol–water partition coefficient (Wildman–Crippen LogP) is 2.34. The molecule has 1 aliphatic heterocycles. The lowest BCUT2D eigenvalue weighted by molar-refractivity contribution is 0.171. The lowest BCUT2D eigenvalue weighted by Crippen LogP contribution is -2.16. The first-order valence-electron chi connectivity index (χ1n) is 6.40. The lowest BCUT2D eigenvalue weighted by Gasteiger charge is -2.09. The Morgan fingerprint density at radius 1 is 1.43 bits per heavy atom. The van der Waals surface area contributed by atoms with Gasteiger partial charge in [0.05, 0.1) is 16.4 Å². The van der Waals surface area contributed by atoms with E-state index in [1.165, 1.54) is 0 Å². The molecular formula is C14H13IN2O4. The van der Waals surface area contributed by atoms with Gasteiger partial charge in [-0.3, -0.25) is 4.79 Å². The van der Waals surface area contributed by atoms with Gasteiger partial charge in [0.15, 0.2) is 11.5 Å². The second-order valence-electron chi connectivity index (χ2n) is 4.44. The standard InChI is InChI=1S/C14H13IN2O4/c1-3-8-11(15)14(18)17-13(16-8)7-4-9(19-2)12-10(5-7)20-6-21-12/h4-5H,3,6H2,1-2H3,(H,16,17,18). The van der Waals surface area contributed by atoms with Crippen LogP contribution in [0.1, 0.15) is 12.6 Å². The molecule has 3 rings (SSSR count). The normalized spacial score (nSPS) is 12.5. The molecule has 7 heteroatoms. The zero-order valence-electron chi connectivity index (χ0n) is 11.5. The number of H-pyrrole nitrogens is 1. The van der Waals surface area contributed by atoms with Gasteiger partial charge in [0.2, 0.25) is 12.5 Å². The van der Waals surface area contributed by atoms with Crippen LogP contribution < -0.4 is 19.8 Å². The number of rotatable bonds is 3. The van der Waals surface area contributed by atoms with Crippen LogP contribution in [0.5, 0.6) is 17.2 Å². The van der Waals surface area contributed by atoms with Crippen molar-refractivity contribution < 1.29 is 14.2 Å². The molecule has 0 unspecified atom stereocenters. The Morgan fingerprint density at radius 3 is 2.95 bits per heavy atom. The number of fused-ring (bicyclic) bond motifs is 1. The molecule has 21 heavy (non-hydrogen) atoms. The van der Waals surface area contributed by atoms with Gasteiger partial charge < -0.3 is 19.2 Å². The number of aromatic amines is 1.